The van der Waals surface area contributed by atoms with Gasteiger partial charge < -0.3 is 0 Å². The maximum atomic E-state index is 4.09. The van der Waals surface area contributed by atoms with Crippen LogP contribution in [0.1, 0.15) is 11.3 Å². The quantitative estimate of drug-likeness (QED) is 0.728. The zero-order chi connectivity index (χ0) is 11.1. The van der Waals surface area contributed by atoms with E-state index in [0.717, 1.165) is 10.2 Å². The molecule has 0 unspecified atom stereocenters. The van der Waals surface area contributed by atoms with Gasteiger partial charge in [-0.25, -0.2) is 0 Å². The molecule has 0 radical (unpaired) electrons. The highest BCUT2D eigenvalue weighted by Gasteiger charge is 1.95. The van der Waals surface area contributed by atoms with Gasteiger partial charge in [0.25, 0.3) is 0 Å². The molecule has 2 heterocycles. The van der Waals surface area contributed by atoms with Crippen molar-refractivity contribution in [1.29, 1.82) is 0 Å². The summed E-state index contributed by atoms with van der Waals surface area (Å²) in [5.41, 5.74) is 2.29. The van der Waals surface area contributed by atoms with Gasteiger partial charge in [0.15, 0.2) is 0 Å². The molecule has 3 heteroatoms. The molecule has 0 N–H and O–H groups in total. The van der Waals surface area contributed by atoms with Crippen molar-refractivity contribution in [3.05, 3.63) is 58.6 Å². The molecule has 0 aliphatic heterocycles. The molecule has 2 aromatic rings. The summed E-state index contributed by atoms with van der Waals surface area (Å²) in [5.74, 6) is 0. The standard InChI is InChI=1S/C7H8BrN.C5H5N/c1-5-3-4-9-6(2)7(5)8;1-2-4-6-5-3-1/h3-4H,1-2H3;1-5H. The van der Waals surface area contributed by atoms with Crippen molar-refractivity contribution in [2.45, 2.75) is 13.8 Å². The largest absolute Gasteiger partial charge is 0.265 e. The second-order valence-corrected chi connectivity index (χ2v) is 3.84. The predicted octanol–water partition coefficient (Wildman–Crippen LogP) is 3.54. The van der Waals surface area contributed by atoms with Gasteiger partial charge in [0, 0.05) is 23.1 Å². The Morgan fingerprint density at radius 2 is 1.67 bits per heavy atom. The SMILES string of the molecule is Cc1ccnc(C)c1Br.c1ccncc1. The fourth-order valence-electron chi connectivity index (χ4n) is 0.989. The molecule has 2 nitrogen and oxygen atoms in total. The van der Waals surface area contributed by atoms with Crippen LogP contribution < -0.4 is 0 Å². The smallest absolute Gasteiger partial charge is 0.0517 e. The first kappa shape index (κ1) is 11.9. The first-order chi connectivity index (χ1) is 7.22. The average Bonchev–Trinajstić information content (AvgIpc) is 2.29. The van der Waals surface area contributed by atoms with Crippen molar-refractivity contribution < 1.29 is 0 Å². The van der Waals surface area contributed by atoms with Crippen molar-refractivity contribution in [3.8, 4) is 0 Å². The first-order valence-corrected chi connectivity index (χ1v) is 5.44. The van der Waals surface area contributed by atoms with Gasteiger partial charge in [0.1, 0.15) is 0 Å². The van der Waals surface area contributed by atoms with E-state index < -0.39 is 0 Å². The highest BCUT2D eigenvalue weighted by Crippen LogP contribution is 2.16. The van der Waals surface area contributed by atoms with Gasteiger partial charge in [-0.15, -0.1) is 0 Å². The summed E-state index contributed by atoms with van der Waals surface area (Å²) in [4.78, 5) is 7.88. The maximum absolute atomic E-state index is 4.09. The number of aromatic nitrogens is 2. The van der Waals surface area contributed by atoms with Gasteiger partial charge in [-0.2, -0.15) is 0 Å². The minimum atomic E-state index is 1.05. The predicted molar refractivity (Wildman–Crippen MR) is 65.6 cm³/mol. The number of nitrogens with zero attached hydrogens (tertiary/aromatic N) is 2. The number of hydrogen-bond donors (Lipinski definition) is 0. The van der Waals surface area contributed by atoms with Gasteiger partial charge in [0.2, 0.25) is 0 Å². The molecule has 0 saturated carbocycles. The van der Waals surface area contributed by atoms with Crippen LogP contribution >= 0.6 is 15.9 Å². The minimum Gasteiger partial charge on any atom is -0.265 e. The van der Waals surface area contributed by atoms with Gasteiger partial charge >= 0.3 is 0 Å². The Labute approximate surface area is 98.5 Å². The lowest BCUT2D eigenvalue weighted by molar-refractivity contribution is 1.15. The molecule has 0 atom stereocenters. The van der Waals surface area contributed by atoms with Gasteiger partial charge in [-0.05, 0) is 53.5 Å². The van der Waals surface area contributed by atoms with Crippen molar-refractivity contribution in [1.82, 2.24) is 9.97 Å². The zero-order valence-corrected chi connectivity index (χ0v) is 10.4. The van der Waals surface area contributed by atoms with Crippen LogP contribution in [0.2, 0.25) is 0 Å². The van der Waals surface area contributed by atoms with E-state index in [0.29, 0.717) is 0 Å². The van der Waals surface area contributed by atoms with E-state index >= 15 is 0 Å². The van der Waals surface area contributed by atoms with Crippen LogP contribution in [0.4, 0.5) is 0 Å². The Morgan fingerprint density at radius 1 is 1.00 bits per heavy atom. The summed E-state index contributed by atoms with van der Waals surface area (Å²) in [6, 6.07) is 7.70. The maximum Gasteiger partial charge on any atom is 0.0517 e. The molecule has 0 aliphatic carbocycles. The second kappa shape index (κ2) is 6.30. The Balaban J connectivity index is 0.000000162. The van der Waals surface area contributed by atoms with Crippen molar-refractivity contribution in [3.63, 3.8) is 0 Å². The van der Waals surface area contributed by atoms with Crippen LogP contribution in [0.25, 0.3) is 0 Å². The van der Waals surface area contributed by atoms with E-state index in [1.165, 1.54) is 5.56 Å². The molecule has 0 fully saturated rings. The third-order valence-electron chi connectivity index (χ3n) is 1.82. The van der Waals surface area contributed by atoms with Crippen LogP contribution in [0.3, 0.4) is 0 Å². The number of halogens is 1. The summed E-state index contributed by atoms with van der Waals surface area (Å²) < 4.78 is 1.12. The molecule has 0 saturated heterocycles. The highest BCUT2D eigenvalue weighted by atomic mass is 79.9. The number of pyridine rings is 2. The van der Waals surface area contributed by atoms with E-state index in [2.05, 4.69) is 32.8 Å². The third-order valence-corrected chi connectivity index (χ3v) is 3.02. The van der Waals surface area contributed by atoms with Crippen LogP contribution in [0.5, 0.6) is 0 Å². The van der Waals surface area contributed by atoms with Crippen LogP contribution in [-0.2, 0) is 0 Å². The number of hydrogen-bond acceptors (Lipinski definition) is 2. The van der Waals surface area contributed by atoms with Crippen molar-refractivity contribution in [2.24, 2.45) is 0 Å². The zero-order valence-electron chi connectivity index (χ0n) is 8.81. The third kappa shape index (κ3) is 4.21. The summed E-state index contributed by atoms with van der Waals surface area (Å²) in [7, 11) is 0. The average molecular weight is 265 g/mol. The molecule has 0 amide bonds. The fraction of sp³-hybridized carbons (Fsp3) is 0.167. The minimum absolute atomic E-state index is 1.05. The van der Waals surface area contributed by atoms with E-state index in [-0.39, 0.29) is 0 Å². The Bertz CT molecular complexity index is 355. The molecule has 0 aliphatic rings. The van der Waals surface area contributed by atoms with Crippen LogP contribution in [0.15, 0.2) is 47.3 Å². The summed E-state index contributed by atoms with van der Waals surface area (Å²) in [6.45, 7) is 4.04. The highest BCUT2D eigenvalue weighted by molar-refractivity contribution is 9.10. The van der Waals surface area contributed by atoms with E-state index in [9.17, 15) is 0 Å². The van der Waals surface area contributed by atoms with Gasteiger partial charge in [-0.1, -0.05) is 6.07 Å². The Morgan fingerprint density at radius 3 is 2.00 bits per heavy atom. The molecule has 2 rings (SSSR count). The summed E-state index contributed by atoms with van der Waals surface area (Å²) in [5, 5.41) is 0. The molecule has 78 valence electrons. The number of aryl methyl sites for hydroxylation is 2. The molecule has 15 heavy (non-hydrogen) atoms. The van der Waals surface area contributed by atoms with Gasteiger partial charge in [-0.3, -0.25) is 9.97 Å². The lowest BCUT2D eigenvalue weighted by Gasteiger charge is -1.97. The first-order valence-electron chi connectivity index (χ1n) is 4.64. The number of rotatable bonds is 0. The topological polar surface area (TPSA) is 25.8 Å². The Hall–Kier alpha value is -1.22. The molecule has 2 aromatic heterocycles. The lowest BCUT2D eigenvalue weighted by Crippen LogP contribution is -1.83. The van der Waals surface area contributed by atoms with Crippen LogP contribution in [0, 0.1) is 13.8 Å². The van der Waals surface area contributed by atoms with E-state index in [1.807, 2.05) is 37.4 Å². The molecular weight excluding hydrogens is 252 g/mol. The van der Waals surface area contributed by atoms with Gasteiger partial charge in [0.05, 0.1) is 5.69 Å². The van der Waals surface area contributed by atoms with E-state index in [4.69, 9.17) is 0 Å². The van der Waals surface area contributed by atoms with Crippen molar-refractivity contribution in [2.75, 3.05) is 0 Å². The molecule has 0 bridgehead atoms. The van der Waals surface area contributed by atoms with Crippen molar-refractivity contribution >= 4 is 15.9 Å². The molecular formula is C12H13BrN2. The molecule has 0 spiro atoms. The summed E-state index contributed by atoms with van der Waals surface area (Å²) >= 11 is 3.42. The Kier molecular flexibility index (Phi) is 4.98. The summed E-state index contributed by atoms with van der Waals surface area (Å²) in [6.07, 6.45) is 5.31. The lowest BCUT2D eigenvalue weighted by atomic mass is 10.3. The normalized spacial score (nSPS) is 9.00. The van der Waals surface area contributed by atoms with E-state index in [1.54, 1.807) is 12.4 Å². The fourth-order valence-corrected chi connectivity index (χ4v) is 1.22. The van der Waals surface area contributed by atoms with Crippen LogP contribution in [-0.4, -0.2) is 9.97 Å². The molecule has 0 aromatic carbocycles. The monoisotopic (exact) mass is 264 g/mol. The second-order valence-electron chi connectivity index (χ2n) is 3.05.